The van der Waals surface area contributed by atoms with Crippen molar-refractivity contribution in [2.75, 3.05) is 0 Å². The molecule has 0 bridgehead atoms. The van der Waals surface area contributed by atoms with E-state index in [0.717, 1.165) is 24.4 Å². The monoisotopic (exact) mass is 194 g/mol. The van der Waals surface area contributed by atoms with Gasteiger partial charge in [0.25, 0.3) is 0 Å². The van der Waals surface area contributed by atoms with E-state index in [-0.39, 0.29) is 0 Å². The van der Waals surface area contributed by atoms with Gasteiger partial charge in [-0.15, -0.1) is 0 Å². The van der Waals surface area contributed by atoms with Gasteiger partial charge in [-0.1, -0.05) is 6.92 Å². The lowest BCUT2D eigenvalue weighted by molar-refractivity contribution is 0.493. The summed E-state index contributed by atoms with van der Waals surface area (Å²) in [6.45, 7) is 7.10. The van der Waals surface area contributed by atoms with E-state index in [4.69, 9.17) is 0 Å². The molecule has 78 valence electrons. The highest BCUT2D eigenvalue weighted by molar-refractivity contribution is 5.02. The molecule has 4 heteroatoms. The Morgan fingerprint density at radius 2 is 1.79 bits per heavy atom. The van der Waals surface area contributed by atoms with Crippen molar-refractivity contribution in [1.82, 2.24) is 19.8 Å². The van der Waals surface area contributed by atoms with Gasteiger partial charge in [-0.25, -0.2) is 4.68 Å². The van der Waals surface area contributed by atoms with Crippen LogP contribution < -0.4 is 0 Å². The van der Waals surface area contributed by atoms with Crippen molar-refractivity contribution in [3.05, 3.63) is 23.5 Å². The molecule has 0 aromatic carbocycles. The number of nitrogens with zero attached hydrogens (tertiary/aromatic N) is 4. The molecule has 4 nitrogen and oxygen atoms in total. The van der Waals surface area contributed by atoms with Gasteiger partial charge in [0.2, 0.25) is 0 Å². The maximum Gasteiger partial charge on any atom is 0.0427 e. The molecule has 0 radical (unpaired) electrons. The molecule has 0 atom stereocenters. The number of hydrogen-bond donors (Lipinski definition) is 0. The molecular formula is C10H18N4. The van der Waals surface area contributed by atoms with Gasteiger partial charge < -0.3 is 0 Å². The molecule has 1 aromatic rings. The second-order valence-corrected chi connectivity index (χ2v) is 3.44. The quantitative estimate of drug-likeness (QED) is 0.719. The van der Waals surface area contributed by atoms with Gasteiger partial charge in [0.05, 0.1) is 0 Å². The summed E-state index contributed by atoms with van der Waals surface area (Å²) in [4.78, 5) is 0. The van der Waals surface area contributed by atoms with Crippen LogP contribution in [-0.4, -0.2) is 19.8 Å². The number of aryl methyl sites for hydroxylation is 4. The lowest BCUT2D eigenvalue weighted by Gasteiger charge is -2.06. The van der Waals surface area contributed by atoms with E-state index in [2.05, 4.69) is 29.5 Å². The number of hydrogen-bond acceptors (Lipinski definition) is 2. The minimum absolute atomic E-state index is 0.909. The summed E-state index contributed by atoms with van der Waals surface area (Å²) in [5, 5.41) is 8.25. The number of rotatable bonds is 2. The molecule has 1 aromatic heterocycles. The van der Waals surface area contributed by atoms with Gasteiger partial charge in [0.1, 0.15) is 0 Å². The Bertz CT molecular complexity index is 347. The molecule has 0 aliphatic rings. The first-order chi connectivity index (χ1) is 6.65. The normalized spacial score (nSPS) is 10.0. The van der Waals surface area contributed by atoms with E-state index in [1.165, 1.54) is 0 Å². The van der Waals surface area contributed by atoms with Crippen LogP contribution in [0.1, 0.15) is 24.7 Å². The Morgan fingerprint density at radius 1 is 1.14 bits per heavy atom. The molecule has 1 rings (SSSR count). The van der Waals surface area contributed by atoms with Crippen LogP contribution in [0.2, 0.25) is 0 Å². The van der Waals surface area contributed by atoms with E-state index in [1.54, 1.807) is 4.68 Å². The lowest BCUT2D eigenvalue weighted by Crippen LogP contribution is -2.11. The Hall–Kier alpha value is -1.32. The molecule has 0 aliphatic heterocycles. The largest absolute Gasteiger partial charge is 0.253 e. The predicted octanol–water partition coefficient (Wildman–Crippen LogP) is 1.77. The van der Waals surface area contributed by atoms with Gasteiger partial charge in [0.15, 0.2) is 0 Å². The van der Waals surface area contributed by atoms with Crippen molar-refractivity contribution in [3.63, 3.8) is 0 Å². The standard InChI is InChI=1S/C10H18N4/c1-5-8-14-10(3)7-6-9(2)13(4)11-12-14/h6-7H,5,8H2,1-4H3. The fourth-order valence-electron chi connectivity index (χ4n) is 1.12. The van der Waals surface area contributed by atoms with E-state index in [9.17, 15) is 0 Å². The van der Waals surface area contributed by atoms with Crippen molar-refractivity contribution in [2.45, 2.75) is 33.7 Å². The SMILES string of the molecule is CCCn1nnn(C)c(C)ccc1C. The summed E-state index contributed by atoms with van der Waals surface area (Å²) in [6.07, 6.45) is 1.07. The van der Waals surface area contributed by atoms with Crippen LogP contribution in [0.5, 0.6) is 0 Å². The zero-order valence-electron chi connectivity index (χ0n) is 9.36. The molecule has 0 saturated carbocycles. The Balaban J connectivity index is 3.22. The summed E-state index contributed by atoms with van der Waals surface area (Å²) >= 11 is 0. The van der Waals surface area contributed by atoms with Crippen LogP contribution in [-0.2, 0) is 13.6 Å². The van der Waals surface area contributed by atoms with Crippen LogP contribution in [0.4, 0.5) is 0 Å². The minimum Gasteiger partial charge on any atom is -0.253 e. The Labute approximate surface area is 84.8 Å². The summed E-state index contributed by atoms with van der Waals surface area (Å²) in [6, 6.07) is 4.12. The molecule has 0 saturated heterocycles. The lowest BCUT2D eigenvalue weighted by atomic mass is 10.3. The third kappa shape index (κ3) is 2.58. The van der Waals surface area contributed by atoms with Crippen LogP contribution in [0.15, 0.2) is 12.1 Å². The zero-order valence-corrected chi connectivity index (χ0v) is 9.36. The topological polar surface area (TPSA) is 35.6 Å². The molecule has 0 amide bonds. The second kappa shape index (κ2) is 4.79. The summed E-state index contributed by atoms with van der Waals surface area (Å²) < 4.78 is 3.69. The highest BCUT2D eigenvalue weighted by Gasteiger charge is 1.92. The molecule has 0 spiro atoms. The second-order valence-electron chi connectivity index (χ2n) is 3.44. The molecule has 14 heavy (non-hydrogen) atoms. The van der Waals surface area contributed by atoms with E-state index in [0.29, 0.717) is 0 Å². The van der Waals surface area contributed by atoms with Crippen LogP contribution in [0.3, 0.4) is 0 Å². The van der Waals surface area contributed by atoms with Gasteiger partial charge in [-0.3, -0.25) is 4.68 Å². The maximum absolute atomic E-state index is 4.16. The summed E-state index contributed by atoms with van der Waals surface area (Å²) in [5.41, 5.74) is 2.22. The fourth-order valence-corrected chi connectivity index (χ4v) is 1.12. The van der Waals surface area contributed by atoms with Crippen molar-refractivity contribution in [2.24, 2.45) is 7.05 Å². The highest BCUT2D eigenvalue weighted by atomic mass is 15.5. The molecule has 0 fully saturated rings. The fraction of sp³-hybridized carbons (Fsp3) is 0.600. The molecule has 0 unspecified atom stereocenters. The molecule has 0 N–H and O–H groups in total. The minimum atomic E-state index is 0.909. The average molecular weight is 194 g/mol. The molecular weight excluding hydrogens is 176 g/mol. The van der Waals surface area contributed by atoms with Gasteiger partial charge >= 0.3 is 0 Å². The predicted molar refractivity (Wildman–Crippen MR) is 56.4 cm³/mol. The van der Waals surface area contributed by atoms with Gasteiger partial charge in [-0.05, 0) is 42.8 Å². The third-order valence-electron chi connectivity index (χ3n) is 2.20. The molecule has 1 heterocycles. The van der Waals surface area contributed by atoms with Gasteiger partial charge in [-0.2, -0.15) is 0 Å². The summed E-state index contributed by atoms with van der Waals surface area (Å²) in [5.74, 6) is 0. The summed E-state index contributed by atoms with van der Waals surface area (Å²) in [7, 11) is 1.90. The smallest absolute Gasteiger partial charge is 0.0427 e. The van der Waals surface area contributed by atoms with E-state index >= 15 is 0 Å². The average Bonchev–Trinajstić information content (AvgIpc) is 2.18. The third-order valence-corrected chi connectivity index (χ3v) is 2.20. The van der Waals surface area contributed by atoms with Gasteiger partial charge in [0, 0.05) is 25.0 Å². The van der Waals surface area contributed by atoms with Crippen molar-refractivity contribution in [3.8, 4) is 0 Å². The first-order valence-electron chi connectivity index (χ1n) is 4.93. The van der Waals surface area contributed by atoms with E-state index in [1.807, 2.05) is 25.6 Å². The number of aromatic nitrogens is 4. The van der Waals surface area contributed by atoms with Crippen LogP contribution in [0.25, 0.3) is 0 Å². The first-order valence-corrected chi connectivity index (χ1v) is 4.93. The maximum atomic E-state index is 4.16. The zero-order chi connectivity index (χ0) is 10.6. The van der Waals surface area contributed by atoms with Crippen molar-refractivity contribution < 1.29 is 0 Å². The van der Waals surface area contributed by atoms with Crippen LogP contribution in [0, 0.1) is 13.8 Å². The van der Waals surface area contributed by atoms with Crippen LogP contribution >= 0.6 is 0 Å². The van der Waals surface area contributed by atoms with Crippen molar-refractivity contribution in [1.29, 1.82) is 0 Å². The van der Waals surface area contributed by atoms with Crippen molar-refractivity contribution >= 4 is 0 Å². The Kier molecular flexibility index (Phi) is 3.68. The first kappa shape index (κ1) is 10.8. The highest BCUT2D eigenvalue weighted by Crippen LogP contribution is 1.96. The Morgan fingerprint density at radius 3 is 2.43 bits per heavy atom. The molecule has 0 aliphatic carbocycles. The van der Waals surface area contributed by atoms with E-state index < -0.39 is 0 Å².